The second-order valence-corrected chi connectivity index (χ2v) is 10.4. The first-order valence-electron chi connectivity index (χ1n) is 12.9. The fourth-order valence-electron chi connectivity index (χ4n) is 4.26. The summed E-state index contributed by atoms with van der Waals surface area (Å²) in [7, 11) is 0. The number of benzene rings is 2. The number of fused-ring (bicyclic) bond motifs is 1. The predicted octanol–water partition coefficient (Wildman–Crippen LogP) is 4.76. The Morgan fingerprint density at radius 3 is 2.45 bits per heavy atom. The van der Waals surface area contributed by atoms with Gasteiger partial charge in [-0.25, -0.2) is 9.79 Å². The number of para-hydroxylation sites is 1. The first kappa shape index (κ1) is 27.4. The van der Waals surface area contributed by atoms with Crippen molar-refractivity contribution in [2.75, 3.05) is 6.61 Å². The molecule has 0 saturated carbocycles. The molecule has 1 aromatic heterocycles. The number of rotatable bonds is 9. The number of thiazole rings is 1. The van der Waals surface area contributed by atoms with Crippen LogP contribution in [-0.4, -0.2) is 29.4 Å². The maximum atomic E-state index is 13.9. The smallest absolute Gasteiger partial charge is 0.338 e. The molecule has 0 saturated heterocycles. The van der Waals surface area contributed by atoms with Crippen LogP contribution in [0.3, 0.4) is 0 Å². The summed E-state index contributed by atoms with van der Waals surface area (Å²) in [6.07, 6.45) is 2.80. The molecule has 0 N–H and O–H groups in total. The number of carbonyl (C=O) groups is 1. The minimum absolute atomic E-state index is 0.0876. The van der Waals surface area contributed by atoms with Gasteiger partial charge < -0.3 is 14.2 Å². The van der Waals surface area contributed by atoms with Crippen molar-refractivity contribution >= 4 is 23.4 Å². The second kappa shape index (κ2) is 11.8. The highest BCUT2D eigenvalue weighted by Crippen LogP contribution is 2.36. The van der Waals surface area contributed by atoms with E-state index in [0.29, 0.717) is 31.9 Å². The van der Waals surface area contributed by atoms with Crippen LogP contribution >= 0.6 is 11.3 Å². The number of hydrogen-bond donors (Lipinski definition) is 0. The average molecular weight is 535 g/mol. The summed E-state index contributed by atoms with van der Waals surface area (Å²) in [4.78, 5) is 32.2. The molecule has 1 aliphatic heterocycles. The molecule has 3 aromatic rings. The Labute approximate surface area is 226 Å². The number of esters is 1. The van der Waals surface area contributed by atoms with Gasteiger partial charge in [0.05, 0.1) is 34.6 Å². The number of allylic oxidation sites excluding steroid dienone is 1. The maximum Gasteiger partial charge on any atom is 0.338 e. The van der Waals surface area contributed by atoms with Gasteiger partial charge in [0, 0.05) is 5.56 Å². The van der Waals surface area contributed by atoms with Gasteiger partial charge in [-0.2, -0.15) is 0 Å². The summed E-state index contributed by atoms with van der Waals surface area (Å²) in [6.45, 7) is 11.7. The van der Waals surface area contributed by atoms with Crippen LogP contribution in [0.5, 0.6) is 11.5 Å². The van der Waals surface area contributed by atoms with Crippen molar-refractivity contribution in [3.8, 4) is 11.5 Å². The number of carbonyl (C=O) groups excluding carboxylic acids is 1. The third kappa shape index (κ3) is 5.75. The lowest BCUT2D eigenvalue weighted by Crippen LogP contribution is -2.40. The van der Waals surface area contributed by atoms with Gasteiger partial charge in [-0.3, -0.25) is 9.36 Å². The number of ether oxygens (including phenoxy) is 3. The van der Waals surface area contributed by atoms with Gasteiger partial charge in [-0.1, -0.05) is 48.6 Å². The zero-order valence-electron chi connectivity index (χ0n) is 22.7. The van der Waals surface area contributed by atoms with Crippen molar-refractivity contribution in [2.24, 2.45) is 4.99 Å². The molecule has 4 rings (SSSR count). The van der Waals surface area contributed by atoms with Crippen LogP contribution in [0, 0.1) is 0 Å². The Bertz CT molecular complexity index is 1520. The van der Waals surface area contributed by atoms with Crippen LogP contribution in [0.25, 0.3) is 6.08 Å². The van der Waals surface area contributed by atoms with E-state index in [1.165, 1.54) is 11.3 Å². The highest BCUT2D eigenvalue weighted by Gasteiger charge is 2.35. The van der Waals surface area contributed by atoms with Gasteiger partial charge in [0.15, 0.2) is 4.80 Å². The third-order valence-corrected chi connectivity index (χ3v) is 7.17. The van der Waals surface area contributed by atoms with Crippen LogP contribution in [0.15, 0.2) is 69.6 Å². The predicted molar refractivity (Wildman–Crippen MR) is 149 cm³/mol. The Balaban J connectivity index is 1.86. The summed E-state index contributed by atoms with van der Waals surface area (Å²) in [5.41, 5.74) is 2.20. The Kier molecular flexibility index (Phi) is 8.52. The lowest BCUT2D eigenvalue weighted by molar-refractivity contribution is -0.139. The number of hydrogen-bond acceptors (Lipinski definition) is 7. The first-order chi connectivity index (χ1) is 18.2. The van der Waals surface area contributed by atoms with E-state index in [2.05, 4.69) is 11.9 Å². The van der Waals surface area contributed by atoms with Gasteiger partial charge in [0.25, 0.3) is 5.56 Å². The molecule has 0 aliphatic carbocycles. The van der Waals surface area contributed by atoms with E-state index >= 15 is 0 Å². The van der Waals surface area contributed by atoms with Crippen molar-refractivity contribution in [1.29, 1.82) is 0 Å². The van der Waals surface area contributed by atoms with Gasteiger partial charge in [-0.05, 0) is 70.9 Å². The van der Waals surface area contributed by atoms with Crippen molar-refractivity contribution in [3.05, 3.63) is 90.6 Å². The largest absolute Gasteiger partial charge is 0.491 e. The van der Waals surface area contributed by atoms with Gasteiger partial charge in [0.2, 0.25) is 0 Å². The normalized spacial score (nSPS) is 16.2. The molecule has 0 unspecified atom stereocenters. The molecule has 2 atom stereocenters. The summed E-state index contributed by atoms with van der Waals surface area (Å²) >= 11 is 1.29. The molecule has 200 valence electrons. The third-order valence-electron chi connectivity index (χ3n) is 6.18. The Hall–Kier alpha value is -3.65. The minimum Gasteiger partial charge on any atom is -0.491 e. The van der Waals surface area contributed by atoms with Crippen LogP contribution < -0.4 is 24.4 Å². The van der Waals surface area contributed by atoms with Crippen LogP contribution in [0.1, 0.15) is 65.1 Å². The van der Waals surface area contributed by atoms with Gasteiger partial charge in [-0.15, -0.1) is 0 Å². The molecule has 1 aliphatic rings. The van der Waals surface area contributed by atoms with Gasteiger partial charge in [0.1, 0.15) is 17.5 Å². The minimum atomic E-state index is -0.728. The molecular weight excluding hydrogens is 500 g/mol. The lowest BCUT2D eigenvalue weighted by atomic mass is 9.95. The second-order valence-electron chi connectivity index (χ2n) is 9.41. The summed E-state index contributed by atoms with van der Waals surface area (Å²) in [6, 6.07) is 14.4. The fraction of sp³-hybridized carbons (Fsp3) is 0.367. The first-order valence-corrected chi connectivity index (χ1v) is 13.8. The van der Waals surface area contributed by atoms with Gasteiger partial charge >= 0.3 is 5.97 Å². The molecular formula is C30H34N2O5S. The highest BCUT2D eigenvalue weighted by molar-refractivity contribution is 7.07. The molecule has 2 aromatic carbocycles. The highest BCUT2D eigenvalue weighted by atomic mass is 32.1. The monoisotopic (exact) mass is 534 g/mol. The standard InChI is InChI=1S/C30H34N2O5S/c1-7-19(5)37-22-15-13-21(14-16-22)17-25-28(33)32-27(23-11-9-10-12-24(23)36-18(3)4)26(29(34)35-8-2)20(6)31-30(32)38-25/h9-19,27H,7-8H2,1-6H3/b25-17+/t19-,27+/m0/s1. The topological polar surface area (TPSA) is 79.1 Å². The Morgan fingerprint density at radius 1 is 1.08 bits per heavy atom. The lowest BCUT2D eigenvalue weighted by Gasteiger charge is -2.26. The van der Waals surface area contributed by atoms with E-state index in [9.17, 15) is 9.59 Å². The summed E-state index contributed by atoms with van der Waals surface area (Å²) < 4.78 is 19.5. The molecule has 8 heteroatoms. The number of aromatic nitrogens is 1. The molecule has 0 amide bonds. The number of nitrogens with zero attached hydrogens (tertiary/aromatic N) is 2. The molecule has 38 heavy (non-hydrogen) atoms. The zero-order chi connectivity index (χ0) is 27.4. The van der Waals surface area contributed by atoms with Crippen molar-refractivity contribution < 1.29 is 19.0 Å². The van der Waals surface area contributed by atoms with Crippen molar-refractivity contribution in [1.82, 2.24) is 4.57 Å². The molecule has 0 fully saturated rings. The van der Waals surface area contributed by atoms with E-state index in [1.807, 2.05) is 75.4 Å². The zero-order valence-corrected chi connectivity index (χ0v) is 23.5. The van der Waals surface area contributed by atoms with E-state index in [1.54, 1.807) is 18.4 Å². The SMILES string of the molecule is CCOC(=O)C1=C(C)N=c2s/c(=C/c3ccc(O[C@@H](C)CC)cc3)c(=O)n2[C@@H]1c1ccccc1OC(C)C. The molecule has 7 nitrogen and oxygen atoms in total. The molecule has 2 heterocycles. The molecule has 0 radical (unpaired) electrons. The van der Waals surface area contributed by atoms with Crippen LogP contribution in [0.2, 0.25) is 0 Å². The van der Waals surface area contributed by atoms with Crippen LogP contribution in [0.4, 0.5) is 0 Å². The van der Waals surface area contributed by atoms with E-state index in [0.717, 1.165) is 17.7 Å². The van der Waals surface area contributed by atoms with Crippen LogP contribution in [-0.2, 0) is 9.53 Å². The van der Waals surface area contributed by atoms with Crippen molar-refractivity contribution in [3.63, 3.8) is 0 Å². The van der Waals surface area contributed by atoms with E-state index in [-0.39, 0.29) is 24.4 Å². The van der Waals surface area contributed by atoms with E-state index in [4.69, 9.17) is 14.2 Å². The quantitative estimate of drug-likeness (QED) is 0.370. The molecule has 0 bridgehead atoms. The van der Waals surface area contributed by atoms with E-state index < -0.39 is 12.0 Å². The average Bonchev–Trinajstić information content (AvgIpc) is 3.18. The van der Waals surface area contributed by atoms with Crippen molar-refractivity contribution in [2.45, 2.75) is 66.2 Å². The molecule has 0 spiro atoms. The Morgan fingerprint density at radius 2 is 1.79 bits per heavy atom. The maximum absolute atomic E-state index is 13.9. The summed E-state index contributed by atoms with van der Waals surface area (Å²) in [5.74, 6) is 0.897. The summed E-state index contributed by atoms with van der Waals surface area (Å²) in [5, 5.41) is 0. The fourth-order valence-corrected chi connectivity index (χ4v) is 5.31.